The molecular weight excluding hydrogens is 253 g/mol. The van der Waals surface area contributed by atoms with Crippen molar-refractivity contribution in [2.45, 2.75) is 31.8 Å². The van der Waals surface area contributed by atoms with Gasteiger partial charge < -0.3 is 0 Å². The molecule has 1 unspecified atom stereocenters. The number of nitrogens with zero attached hydrogens (tertiary/aromatic N) is 1. The SMILES string of the molecule is CC(C)C(C)S(=O)(=O)Cc1cc(F)ccc1C#N. The summed E-state index contributed by atoms with van der Waals surface area (Å²) in [4.78, 5) is 0. The van der Waals surface area contributed by atoms with Crippen LogP contribution in [0.4, 0.5) is 4.39 Å². The van der Waals surface area contributed by atoms with E-state index in [0.717, 1.165) is 12.1 Å². The summed E-state index contributed by atoms with van der Waals surface area (Å²) < 4.78 is 37.3. The van der Waals surface area contributed by atoms with Crippen LogP contribution in [0.15, 0.2) is 18.2 Å². The number of rotatable bonds is 4. The number of sulfone groups is 1. The molecule has 0 radical (unpaired) electrons. The third-order valence-corrected chi connectivity index (χ3v) is 5.44. The van der Waals surface area contributed by atoms with Crippen molar-refractivity contribution in [1.82, 2.24) is 0 Å². The monoisotopic (exact) mass is 269 g/mol. The van der Waals surface area contributed by atoms with Gasteiger partial charge in [0, 0.05) is 0 Å². The summed E-state index contributed by atoms with van der Waals surface area (Å²) in [7, 11) is -3.38. The van der Waals surface area contributed by atoms with Crippen molar-refractivity contribution in [1.29, 1.82) is 5.26 Å². The fraction of sp³-hybridized carbons (Fsp3) is 0.462. The quantitative estimate of drug-likeness (QED) is 0.844. The predicted molar refractivity (Wildman–Crippen MR) is 68.0 cm³/mol. The molecule has 1 aromatic carbocycles. The molecule has 1 aromatic rings. The van der Waals surface area contributed by atoms with Crippen LogP contribution in [-0.4, -0.2) is 13.7 Å². The number of nitriles is 1. The van der Waals surface area contributed by atoms with E-state index in [2.05, 4.69) is 0 Å². The maximum absolute atomic E-state index is 13.1. The van der Waals surface area contributed by atoms with Gasteiger partial charge in [-0.25, -0.2) is 12.8 Å². The molecular formula is C13H16FNO2S. The average Bonchev–Trinajstić information content (AvgIpc) is 2.27. The van der Waals surface area contributed by atoms with Crippen LogP contribution >= 0.6 is 0 Å². The Morgan fingerprint density at radius 2 is 1.94 bits per heavy atom. The van der Waals surface area contributed by atoms with Crippen LogP contribution in [-0.2, 0) is 15.6 Å². The zero-order valence-electron chi connectivity index (χ0n) is 10.6. The van der Waals surface area contributed by atoms with E-state index in [1.807, 2.05) is 19.9 Å². The second-order valence-electron chi connectivity index (χ2n) is 4.67. The first kappa shape index (κ1) is 14.7. The van der Waals surface area contributed by atoms with Crippen molar-refractivity contribution in [3.63, 3.8) is 0 Å². The van der Waals surface area contributed by atoms with Crippen molar-refractivity contribution in [2.75, 3.05) is 0 Å². The molecule has 0 N–H and O–H groups in total. The molecule has 0 aliphatic rings. The van der Waals surface area contributed by atoms with Crippen molar-refractivity contribution >= 4 is 9.84 Å². The van der Waals surface area contributed by atoms with Gasteiger partial charge in [0.2, 0.25) is 0 Å². The van der Waals surface area contributed by atoms with E-state index >= 15 is 0 Å². The Kier molecular flexibility index (Phi) is 4.47. The molecule has 1 rings (SSSR count). The summed E-state index contributed by atoms with van der Waals surface area (Å²) in [6.45, 7) is 5.27. The lowest BCUT2D eigenvalue weighted by Crippen LogP contribution is -2.25. The summed E-state index contributed by atoms with van der Waals surface area (Å²) in [6, 6.07) is 5.46. The van der Waals surface area contributed by atoms with Gasteiger partial charge in [0.25, 0.3) is 0 Å². The number of halogens is 1. The first-order valence-electron chi connectivity index (χ1n) is 5.68. The summed E-state index contributed by atoms with van der Waals surface area (Å²) in [6.07, 6.45) is 0. The molecule has 0 bridgehead atoms. The molecule has 0 saturated heterocycles. The van der Waals surface area contributed by atoms with Crippen molar-refractivity contribution < 1.29 is 12.8 Å². The molecule has 0 heterocycles. The van der Waals surface area contributed by atoms with Crippen LogP contribution in [0.25, 0.3) is 0 Å². The number of benzene rings is 1. The summed E-state index contributed by atoms with van der Waals surface area (Å²) in [5, 5.41) is 8.37. The Morgan fingerprint density at radius 1 is 1.33 bits per heavy atom. The number of hydrogen-bond acceptors (Lipinski definition) is 3. The number of hydrogen-bond donors (Lipinski definition) is 0. The van der Waals surface area contributed by atoms with E-state index < -0.39 is 20.9 Å². The molecule has 3 nitrogen and oxygen atoms in total. The minimum absolute atomic E-state index is 0.0194. The lowest BCUT2D eigenvalue weighted by atomic mass is 10.1. The fourth-order valence-corrected chi connectivity index (χ4v) is 3.32. The zero-order valence-corrected chi connectivity index (χ0v) is 11.5. The highest BCUT2D eigenvalue weighted by Gasteiger charge is 2.25. The molecule has 18 heavy (non-hydrogen) atoms. The van der Waals surface area contributed by atoms with Crippen LogP contribution in [0.5, 0.6) is 0 Å². The third-order valence-electron chi connectivity index (χ3n) is 3.05. The molecule has 98 valence electrons. The van der Waals surface area contributed by atoms with Gasteiger partial charge >= 0.3 is 0 Å². The van der Waals surface area contributed by atoms with E-state index in [4.69, 9.17) is 5.26 Å². The van der Waals surface area contributed by atoms with Gasteiger partial charge in [0.15, 0.2) is 9.84 Å². The standard InChI is InChI=1S/C13H16FNO2S/c1-9(2)10(3)18(16,17)8-12-6-13(14)5-4-11(12)7-15/h4-6,9-10H,8H2,1-3H3. The van der Waals surface area contributed by atoms with E-state index in [1.54, 1.807) is 6.92 Å². The first-order chi connectivity index (χ1) is 8.27. The first-order valence-corrected chi connectivity index (χ1v) is 7.39. The predicted octanol–water partition coefficient (Wildman–Crippen LogP) is 2.66. The Bertz CT molecular complexity index is 573. The highest BCUT2D eigenvalue weighted by molar-refractivity contribution is 7.91. The van der Waals surface area contributed by atoms with Crippen molar-refractivity contribution in [3.8, 4) is 6.07 Å². The molecule has 0 amide bonds. The maximum atomic E-state index is 13.1. The Labute approximate surface area is 107 Å². The summed E-state index contributed by atoms with van der Waals surface area (Å²) >= 11 is 0. The molecule has 5 heteroatoms. The second kappa shape index (κ2) is 5.49. The molecule has 0 aliphatic heterocycles. The van der Waals surface area contributed by atoms with Crippen molar-refractivity contribution in [2.24, 2.45) is 5.92 Å². The molecule has 0 fully saturated rings. The van der Waals surface area contributed by atoms with Crippen LogP contribution in [0.3, 0.4) is 0 Å². The van der Waals surface area contributed by atoms with Crippen LogP contribution in [0.2, 0.25) is 0 Å². The van der Waals surface area contributed by atoms with Gasteiger partial charge in [0.05, 0.1) is 22.6 Å². The fourth-order valence-electron chi connectivity index (χ4n) is 1.55. The lowest BCUT2D eigenvalue weighted by Gasteiger charge is -2.16. The van der Waals surface area contributed by atoms with Gasteiger partial charge in [-0.05, 0) is 36.6 Å². The zero-order chi connectivity index (χ0) is 13.9. The molecule has 0 aromatic heterocycles. The van der Waals surface area contributed by atoms with Gasteiger partial charge in [-0.15, -0.1) is 0 Å². The molecule has 0 aliphatic carbocycles. The Morgan fingerprint density at radius 3 is 2.44 bits per heavy atom. The largest absolute Gasteiger partial charge is 0.228 e. The van der Waals surface area contributed by atoms with Crippen LogP contribution in [0, 0.1) is 23.1 Å². The summed E-state index contributed by atoms with van der Waals surface area (Å²) in [5.41, 5.74) is 0.431. The minimum atomic E-state index is -3.38. The van der Waals surface area contributed by atoms with Crippen LogP contribution < -0.4 is 0 Å². The van der Waals surface area contributed by atoms with E-state index in [0.29, 0.717) is 0 Å². The smallest absolute Gasteiger partial charge is 0.157 e. The minimum Gasteiger partial charge on any atom is -0.228 e. The highest BCUT2D eigenvalue weighted by atomic mass is 32.2. The Balaban J connectivity index is 3.12. The van der Waals surface area contributed by atoms with E-state index in [-0.39, 0.29) is 22.8 Å². The highest BCUT2D eigenvalue weighted by Crippen LogP contribution is 2.20. The second-order valence-corrected chi connectivity index (χ2v) is 7.03. The van der Waals surface area contributed by atoms with Gasteiger partial charge in [-0.3, -0.25) is 0 Å². The van der Waals surface area contributed by atoms with Gasteiger partial charge in [0.1, 0.15) is 5.82 Å². The van der Waals surface area contributed by atoms with Gasteiger partial charge in [-0.1, -0.05) is 13.8 Å². The Hall–Kier alpha value is -1.41. The molecule has 1 atom stereocenters. The normalized spacial score (nSPS) is 13.3. The maximum Gasteiger partial charge on any atom is 0.157 e. The van der Waals surface area contributed by atoms with Crippen molar-refractivity contribution in [3.05, 3.63) is 35.1 Å². The van der Waals surface area contributed by atoms with Crippen LogP contribution in [0.1, 0.15) is 31.9 Å². The topological polar surface area (TPSA) is 57.9 Å². The van der Waals surface area contributed by atoms with Gasteiger partial charge in [-0.2, -0.15) is 5.26 Å². The third kappa shape index (κ3) is 3.30. The lowest BCUT2D eigenvalue weighted by molar-refractivity contribution is 0.545. The molecule has 0 spiro atoms. The average molecular weight is 269 g/mol. The summed E-state index contributed by atoms with van der Waals surface area (Å²) in [5.74, 6) is -0.849. The molecule has 0 saturated carbocycles. The van der Waals surface area contributed by atoms with E-state index in [1.165, 1.54) is 6.07 Å². The van der Waals surface area contributed by atoms with E-state index in [9.17, 15) is 12.8 Å².